The van der Waals surface area contributed by atoms with E-state index in [2.05, 4.69) is 0 Å². The van der Waals surface area contributed by atoms with Gasteiger partial charge in [-0.2, -0.15) is 0 Å². The van der Waals surface area contributed by atoms with Gasteiger partial charge in [-0.1, -0.05) is 44.2 Å². The van der Waals surface area contributed by atoms with Gasteiger partial charge in [-0.25, -0.2) is 0 Å². The summed E-state index contributed by atoms with van der Waals surface area (Å²) in [6.07, 6.45) is -0.654. The molecular weight excluding hydrogens is 216 g/mol. The molecule has 1 aromatic carbocycles. The quantitative estimate of drug-likeness (QED) is 0.798. The van der Waals surface area contributed by atoms with E-state index in [1.54, 1.807) is 6.92 Å². The number of rotatable bonds is 5. The van der Waals surface area contributed by atoms with E-state index < -0.39 is 12.0 Å². The Labute approximate surface area is 102 Å². The second-order valence-electron chi connectivity index (χ2n) is 4.62. The molecule has 0 spiro atoms. The number of esters is 1. The molecule has 0 heterocycles. The first-order valence-electron chi connectivity index (χ1n) is 5.91. The van der Waals surface area contributed by atoms with Gasteiger partial charge in [0.1, 0.15) is 6.61 Å². The molecule has 1 N–H and O–H groups in total. The largest absolute Gasteiger partial charge is 0.461 e. The molecule has 0 saturated heterocycles. The summed E-state index contributed by atoms with van der Waals surface area (Å²) in [5.41, 5.74) is 0.951. The van der Waals surface area contributed by atoms with Crippen LogP contribution in [-0.2, 0) is 16.1 Å². The number of hydrogen-bond acceptors (Lipinski definition) is 3. The Kier molecular flexibility index (Phi) is 5.16. The Morgan fingerprint density at radius 1 is 1.24 bits per heavy atom. The number of hydrogen-bond donors (Lipinski definition) is 1. The van der Waals surface area contributed by atoms with Gasteiger partial charge in [-0.15, -0.1) is 0 Å². The Morgan fingerprint density at radius 3 is 2.35 bits per heavy atom. The zero-order chi connectivity index (χ0) is 12.8. The average Bonchev–Trinajstić information content (AvgIpc) is 2.35. The SMILES string of the molecule is CC(C)[C@@H](O)[C@H](C)C(=O)OCc1ccccc1. The third-order valence-electron chi connectivity index (χ3n) is 2.79. The molecule has 1 aromatic rings. The Hall–Kier alpha value is -1.35. The van der Waals surface area contributed by atoms with Crippen LogP contribution in [0.15, 0.2) is 30.3 Å². The second-order valence-corrected chi connectivity index (χ2v) is 4.62. The van der Waals surface area contributed by atoms with Gasteiger partial charge in [0.05, 0.1) is 12.0 Å². The maximum absolute atomic E-state index is 11.7. The Morgan fingerprint density at radius 2 is 1.82 bits per heavy atom. The molecule has 3 nitrogen and oxygen atoms in total. The topological polar surface area (TPSA) is 46.5 Å². The summed E-state index contributed by atoms with van der Waals surface area (Å²) in [5.74, 6) is -0.789. The van der Waals surface area contributed by atoms with Crippen LogP contribution >= 0.6 is 0 Å². The average molecular weight is 236 g/mol. The number of ether oxygens (including phenoxy) is 1. The van der Waals surface area contributed by atoms with Crippen molar-refractivity contribution in [2.75, 3.05) is 0 Å². The second kappa shape index (κ2) is 6.40. The maximum atomic E-state index is 11.7. The molecule has 0 radical (unpaired) electrons. The summed E-state index contributed by atoms with van der Waals surface area (Å²) in [5, 5.41) is 9.76. The van der Waals surface area contributed by atoms with E-state index >= 15 is 0 Å². The summed E-state index contributed by atoms with van der Waals surface area (Å²) in [7, 11) is 0. The molecule has 0 aliphatic heterocycles. The maximum Gasteiger partial charge on any atom is 0.311 e. The van der Waals surface area contributed by atoms with Gasteiger partial charge in [0, 0.05) is 0 Å². The molecule has 0 aromatic heterocycles. The first-order chi connectivity index (χ1) is 8.02. The highest BCUT2D eigenvalue weighted by Crippen LogP contribution is 2.14. The van der Waals surface area contributed by atoms with Crippen LogP contribution in [0.25, 0.3) is 0 Å². The Balaban J connectivity index is 2.45. The van der Waals surface area contributed by atoms with Crippen molar-refractivity contribution >= 4 is 5.97 Å². The van der Waals surface area contributed by atoms with E-state index in [0.717, 1.165) is 5.56 Å². The molecule has 1 rings (SSSR count). The summed E-state index contributed by atoms with van der Waals surface area (Å²) >= 11 is 0. The predicted molar refractivity (Wildman–Crippen MR) is 66.2 cm³/mol. The fourth-order valence-corrected chi connectivity index (χ4v) is 1.58. The molecule has 0 unspecified atom stereocenters. The van der Waals surface area contributed by atoms with E-state index in [9.17, 15) is 9.90 Å². The van der Waals surface area contributed by atoms with E-state index in [4.69, 9.17) is 4.74 Å². The van der Waals surface area contributed by atoms with Crippen LogP contribution in [0, 0.1) is 11.8 Å². The van der Waals surface area contributed by atoms with Gasteiger partial charge < -0.3 is 9.84 Å². The molecule has 0 fully saturated rings. The lowest BCUT2D eigenvalue weighted by Crippen LogP contribution is -2.31. The van der Waals surface area contributed by atoms with Gasteiger partial charge in [0.15, 0.2) is 0 Å². The van der Waals surface area contributed by atoms with Crippen LogP contribution < -0.4 is 0 Å². The standard InChI is InChI=1S/C14H20O3/c1-10(2)13(15)11(3)14(16)17-9-12-7-5-4-6-8-12/h4-8,10-11,13,15H,9H2,1-3H3/t11-,13+/m0/s1. The summed E-state index contributed by atoms with van der Waals surface area (Å²) in [6.45, 7) is 5.71. The molecular formula is C14H20O3. The van der Waals surface area contributed by atoms with Crippen molar-refractivity contribution in [2.24, 2.45) is 11.8 Å². The first-order valence-corrected chi connectivity index (χ1v) is 5.91. The van der Waals surface area contributed by atoms with E-state index in [0.29, 0.717) is 0 Å². The molecule has 3 heteroatoms. The van der Waals surface area contributed by atoms with Crippen LogP contribution in [0.4, 0.5) is 0 Å². The predicted octanol–water partition coefficient (Wildman–Crippen LogP) is 2.38. The highest BCUT2D eigenvalue weighted by Gasteiger charge is 2.25. The Bertz CT molecular complexity index is 346. The molecule has 0 aliphatic carbocycles. The normalized spacial score (nSPS) is 14.4. The van der Waals surface area contributed by atoms with Crippen molar-refractivity contribution in [2.45, 2.75) is 33.5 Å². The van der Waals surface area contributed by atoms with Gasteiger partial charge in [0.2, 0.25) is 0 Å². The van der Waals surface area contributed by atoms with Crippen molar-refractivity contribution in [3.63, 3.8) is 0 Å². The highest BCUT2D eigenvalue weighted by molar-refractivity contribution is 5.72. The molecule has 0 saturated carbocycles. The van der Waals surface area contributed by atoms with E-state index in [-0.39, 0.29) is 18.5 Å². The number of aliphatic hydroxyl groups excluding tert-OH is 1. The van der Waals surface area contributed by atoms with Crippen molar-refractivity contribution in [3.05, 3.63) is 35.9 Å². The monoisotopic (exact) mass is 236 g/mol. The fourth-order valence-electron chi connectivity index (χ4n) is 1.58. The molecule has 0 bridgehead atoms. The first kappa shape index (κ1) is 13.7. The zero-order valence-electron chi connectivity index (χ0n) is 10.6. The number of aliphatic hydroxyl groups is 1. The van der Waals surface area contributed by atoms with Crippen molar-refractivity contribution in [1.29, 1.82) is 0 Å². The minimum Gasteiger partial charge on any atom is -0.461 e. The molecule has 0 aliphatic rings. The third kappa shape index (κ3) is 4.19. The van der Waals surface area contributed by atoms with E-state index in [1.807, 2.05) is 44.2 Å². The summed E-state index contributed by atoms with van der Waals surface area (Å²) < 4.78 is 5.16. The minimum absolute atomic E-state index is 0.0503. The van der Waals surface area contributed by atoms with Crippen LogP contribution in [0.1, 0.15) is 26.3 Å². The smallest absolute Gasteiger partial charge is 0.311 e. The van der Waals surface area contributed by atoms with Crippen molar-refractivity contribution in [3.8, 4) is 0 Å². The molecule has 2 atom stereocenters. The summed E-state index contributed by atoms with van der Waals surface area (Å²) in [6, 6.07) is 9.51. The highest BCUT2D eigenvalue weighted by atomic mass is 16.5. The molecule has 94 valence electrons. The van der Waals surface area contributed by atoms with Crippen LogP contribution in [0.3, 0.4) is 0 Å². The van der Waals surface area contributed by atoms with Gasteiger partial charge in [-0.3, -0.25) is 4.79 Å². The van der Waals surface area contributed by atoms with Crippen LogP contribution in [0.2, 0.25) is 0 Å². The lowest BCUT2D eigenvalue weighted by atomic mass is 9.95. The van der Waals surface area contributed by atoms with Gasteiger partial charge >= 0.3 is 5.97 Å². The van der Waals surface area contributed by atoms with Gasteiger partial charge in [0.25, 0.3) is 0 Å². The van der Waals surface area contributed by atoms with E-state index in [1.165, 1.54) is 0 Å². The van der Waals surface area contributed by atoms with Crippen molar-refractivity contribution < 1.29 is 14.6 Å². The fraction of sp³-hybridized carbons (Fsp3) is 0.500. The number of carbonyl (C=O) groups excluding carboxylic acids is 1. The molecule has 0 amide bonds. The lowest BCUT2D eigenvalue weighted by molar-refractivity contribution is -0.154. The number of benzene rings is 1. The third-order valence-corrected chi connectivity index (χ3v) is 2.79. The number of carbonyl (C=O) groups is 1. The van der Waals surface area contributed by atoms with Crippen LogP contribution in [0.5, 0.6) is 0 Å². The summed E-state index contributed by atoms with van der Waals surface area (Å²) in [4.78, 5) is 11.7. The minimum atomic E-state index is -0.654. The lowest BCUT2D eigenvalue weighted by Gasteiger charge is -2.20. The van der Waals surface area contributed by atoms with Crippen LogP contribution in [-0.4, -0.2) is 17.2 Å². The zero-order valence-corrected chi connectivity index (χ0v) is 10.6. The van der Waals surface area contributed by atoms with Gasteiger partial charge in [-0.05, 0) is 18.4 Å². The van der Waals surface area contributed by atoms with Crippen molar-refractivity contribution in [1.82, 2.24) is 0 Å². The molecule has 17 heavy (non-hydrogen) atoms.